The van der Waals surface area contributed by atoms with Crippen molar-refractivity contribution in [2.45, 2.75) is 51.4 Å². The highest BCUT2D eigenvalue weighted by molar-refractivity contribution is 7.19. The summed E-state index contributed by atoms with van der Waals surface area (Å²) in [6, 6.07) is 4.01. The molecule has 0 saturated carbocycles. The van der Waals surface area contributed by atoms with Crippen LogP contribution in [-0.2, 0) is 14.3 Å². The molecule has 2 fully saturated rings. The molecule has 2 aliphatic rings. The van der Waals surface area contributed by atoms with E-state index in [4.69, 9.17) is 9.47 Å². The molecule has 2 aromatic heterocycles. The summed E-state index contributed by atoms with van der Waals surface area (Å²) in [5, 5.41) is 23.5. The molecule has 34 heavy (non-hydrogen) atoms. The van der Waals surface area contributed by atoms with E-state index >= 15 is 0 Å². The topological polar surface area (TPSA) is 135 Å². The van der Waals surface area contributed by atoms with Gasteiger partial charge in [0.2, 0.25) is 16.2 Å². The van der Waals surface area contributed by atoms with Crippen LogP contribution >= 0.6 is 11.3 Å². The smallest absolute Gasteiger partial charge is 0.410 e. The minimum atomic E-state index is -0.571. The second-order valence-corrected chi connectivity index (χ2v) is 10.2. The second-order valence-electron chi connectivity index (χ2n) is 9.24. The van der Waals surface area contributed by atoms with Gasteiger partial charge in [0.25, 0.3) is 0 Å². The molecule has 0 spiro atoms. The first-order chi connectivity index (χ1) is 16.2. The van der Waals surface area contributed by atoms with Crippen molar-refractivity contribution in [3.63, 3.8) is 0 Å². The van der Waals surface area contributed by atoms with Crippen LogP contribution in [0.5, 0.6) is 0 Å². The molecule has 184 valence electrons. The van der Waals surface area contributed by atoms with Gasteiger partial charge >= 0.3 is 6.09 Å². The van der Waals surface area contributed by atoms with Gasteiger partial charge in [-0.25, -0.2) is 4.79 Å². The quantitative estimate of drug-likeness (QED) is 0.619. The van der Waals surface area contributed by atoms with Crippen molar-refractivity contribution >= 4 is 39.4 Å². The summed E-state index contributed by atoms with van der Waals surface area (Å²) in [7, 11) is 0. The van der Waals surface area contributed by atoms with Crippen molar-refractivity contribution in [1.29, 1.82) is 0 Å². The summed E-state index contributed by atoms with van der Waals surface area (Å²) < 4.78 is 11.1. The number of nitrogens with one attached hydrogen (secondary N) is 2. The van der Waals surface area contributed by atoms with E-state index in [1.807, 2.05) is 32.9 Å². The van der Waals surface area contributed by atoms with E-state index in [2.05, 4.69) is 35.9 Å². The highest BCUT2D eigenvalue weighted by Crippen LogP contribution is 2.25. The summed E-state index contributed by atoms with van der Waals surface area (Å²) >= 11 is 1.28. The summed E-state index contributed by atoms with van der Waals surface area (Å²) in [6.07, 6.45) is 1.90. The lowest BCUT2D eigenvalue weighted by Crippen LogP contribution is -2.48. The van der Waals surface area contributed by atoms with Crippen LogP contribution in [0.4, 0.5) is 20.9 Å². The largest absolute Gasteiger partial charge is 0.444 e. The monoisotopic (exact) mass is 490 g/mol. The molecule has 2 atom stereocenters. The third-order valence-electron chi connectivity index (χ3n) is 5.27. The molecule has 4 heterocycles. The molecule has 1 unspecified atom stereocenters. The maximum absolute atomic E-state index is 12.5. The Bertz CT molecular complexity index is 983. The molecule has 2 N–H and O–H groups in total. The Morgan fingerprint density at radius 1 is 1.21 bits per heavy atom. The van der Waals surface area contributed by atoms with Crippen molar-refractivity contribution in [3.8, 4) is 0 Å². The van der Waals surface area contributed by atoms with Crippen molar-refractivity contribution < 1.29 is 19.1 Å². The molecule has 0 aromatic carbocycles. The number of hydrogen-bond donors (Lipinski definition) is 2. The van der Waals surface area contributed by atoms with Gasteiger partial charge in [0.1, 0.15) is 5.60 Å². The van der Waals surface area contributed by atoms with E-state index in [1.54, 1.807) is 11.1 Å². The van der Waals surface area contributed by atoms with Crippen LogP contribution in [0.3, 0.4) is 0 Å². The third kappa shape index (κ3) is 6.73. The minimum Gasteiger partial charge on any atom is -0.444 e. The van der Waals surface area contributed by atoms with Crippen molar-refractivity contribution in [2.75, 3.05) is 48.3 Å². The summed E-state index contributed by atoms with van der Waals surface area (Å²) in [4.78, 5) is 28.5. The predicted octanol–water partition coefficient (Wildman–Crippen LogP) is 1.98. The van der Waals surface area contributed by atoms with E-state index in [0.29, 0.717) is 30.0 Å². The molecule has 2 amide bonds. The Morgan fingerprint density at radius 3 is 2.79 bits per heavy atom. The molecular weight excluding hydrogens is 460 g/mol. The first-order valence-electron chi connectivity index (χ1n) is 11.3. The zero-order valence-corrected chi connectivity index (χ0v) is 20.4. The molecule has 0 radical (unpaired) electrons. The summed E-state index contributed by atoms with van der Waals surface area (Å²) in [6.45, 7) is 8.22. The molecule has 2 aromatic rings. The first kappa shape index (κ1) is 24.1. The first-order valence-corrected chi connectivity index (χ1v) is 12.1. The number of aromatic nitrogens is 4. The number of nitrogens with zero attached hydrogens (tertiary/aromatic N) is 6. The van der Waals surface area contributed by atoms with Crippen LogP contribution in [0.15, 0.2) is 18.3 Å². The Morgan fingerprint density at radius 2 is 2.03 bits per heavy atom. The molecule has 2 saturated heterocycles. The van der Waals surface area contributed by atoms with Gasteiger partial charge < -0.3 is 29.9 Å². The van der Waals surface area contributed by atoms with E-state index < -0.39 is 17.8 Å². The van der Waals surface area contributed by atoms with Crippen LogP contribution in [0.25, 0.3) is 0 Å². The van der Waals surface area contributed by atoms with E-state index in [1.165, 1.54) is 11.3 Å². The maximum atomic E-state index is 12.5. The minimum absolute atomic E-state index is 0.108. The Kier molecular flexibility index (Phi) is 7.41. The SMILES string of the molecule is CC(C)(C)OC(=O)N1CCOC(CC(=O)Nc2nnc(N[C@@H]3CCN(c4cccnn4)C3)s2)C1. The van der Waals surface area contributed by atoms with Crippen molar-refractivity contribution in [3.05, 3.63) is 18.3 Å². The number of rotatable bonds is 6. The zero-order valence-electron chi connectivity index (χ0n) is 19.6. The number of carbonyl (C=O) groups excluding carboxylic acids is 2. The number of anilines is 3. The number of amides is 2. The number of morpholine rings is 1. The zero-order chi connectivity index (χ0) is 24.1. The number of carbonyl (C=O) groups is 2. The van der Waals surface area contributed by atoms with E-state index in [0.717, 1.165) is 25.3 Å². The van der Waals surface area contributed by atoms with E-state index in [-0.39, 0.29) is 18.4 Å². The van der Waals surface area contributed by atoms with Crippen molar-refractivity contribution in [2.24, 2.45) is 0 Å². The average Bonchev–Trinajstić information content (AvgIpc) is 3.43. The highest BCUT2D eigenvalue weighted by atomic mass is 32.1. The van der Waals surface area contributed by atoms with Crippen LogP contribution in [-0.4, -0.2) is 87.8 Å². The molecule has 0 bridgehead atoms. The van der Waals surface area contributed by atoms with Gasteiger partial charge in [-0.05, 0) is 39.3 Å². The Labute approximate surface area is 202 Å². The lowest BCUT2D eigenvalue weighted by Gasteiger charge is -2.34. The Hall–Kier alpha value is -3.06. The number of hydrogen-bond acceptors (Lipinski definition) is 11. The lowest BCUT2D eigenvalue weighted by molar-refractivity contribution is -0.121. The molecule has 4 rings (SSSR count). The fraction of sp³-hybridized carbons (Fsp3) is 0.619. The van der Waals surface area contributed by atoms with Gasteiger partial charge in [-0.1, -0.05) is 11.3 Å². The highest BCUT2D eigenvalue weighted by Gasteiger charge is 2.30. The van der Waals surface area contributed by atoms with Crippen molar-refractivity contribution in [1.82, 2.24) is 25.3 Å². The summed E-state index contributed by atoms with van der Waals surface area (Å²) in [5.74, 6) is 0.612. The maximum Gasteiger partial charge on any atom is 0.410 e. The van der Waals surface area contributed by atoms with Crippen LogP contribution < -0.4 is 15.5 Å². The van der Waals surface area contributed by atoms with Crippen LogP contribution in [0.1, 0.15) is 33.6 Å². The van der Waals surface area contributed by atoms with E-state index in [9.17, 15) is 9.59 Å². The molecular formula is C21H30N8O4S. The molecule has 13 heteroatoms. The predicted molar refractivity (Wildman–Crippen MR) is 127 cm³/mol. The molecule has 0 aliphatic carbocycles. The van der Waals surface area contributed by atoms with Gasteiger partial charge in [-0.2, -0.15) is 5.10 Å². The number of ether oxygens (including phenoxy) is 2. The standard InChI is InChI=1S/C21H30N8O4S/c1-21(2,3)33-20(31)29-9-10-32-15(13-29)11-17(30)24-19-27-26-18(34-19)23-14-6-8-28(12-14)16-5-4-7-22-25-16/h4-5,7,14-15H,6,8-13H2,1-3H3,(H,23,26)(H,24,27,30)/t14-,15?/m1/s1. The van der Waals surface area contributed by atoms with Crippen LogP contribution in [0, 0.1) is 0 Å². The second kappa shape index (κ2) is 10.5. The molecule has 12 nitrogen and oxygen atoms in total. The van der Waals surface area contributed by atoms with Gasteiger partial charge in [-0.3, -0.25) is 4.79 Å². The Balaban J connectivity index is 1.22. The molecule has 2 aliphatic heterocycles. The third-order valence-corrected chi connectivity index (χ3v) is 6.04. The van der Waals surface area contributed by atoms with Gasteiger partial charge in [0.05, 0.1) is 25.7 Å². The van der Waals surface area contributed by atoms with Gasteiger partial charge in [0.15, 0.2) is 5.82 Å². The summed E-state index contributed by atoms with van der Waals surface area (Å²) in [5.41, 5.74) is -0.571. The normalized spacial score (nSPS) is 20.8. The lowest BCUT2D eigenvalue weighted by atomic mass is 10.2. The van der Waals surface area contributed by atoms with Crippen LogP contribution in [0.2, 0.25) is 0 Å². The van der Waals surface area contributed by atoms with Gasteiger partial charge in [0, 0.05) is 31.9 Å². The average molecular weight is 491 g/mol. The van der Waals surface area contributed by atoms with Gasteiger partial charge in [-0.15, -0.1) is 15.3 Å². The fourth-order valence-corrected chi connectivity index (χ4v) is 4.50. The fourth-order valence-electron chi connectivity index (χ4n) is 3.77.